The minimum atomic E-state index is -0.683. The van der Waals surface area contributed by atoms with E-state index in [9.17, 15) is 19.2 Å². The van der Waals surface area contributed by atoms with Gasteiger partial charge in [0.1, 0.15) is 18.3 Å². The predicted octanol–water partition coefficient (Wildman–Crippen LogP) is 4.87. The molecular formula is C34H44ClN3O7. The number of amides is 3. The highest BCUT2D eigenvalue weighted by Crippen LogP contribution is 2.40. The number of piperidine rings is 1. The molecule has 244 valence electrons. The zero-order chi connectivity index (χ0) is 32.7. The molecule has 1 unspecified atom stereocenters. The molecular weight excluding hydrogens is 598 g/mol. The third-order valence-electron chi connectivity index (χ3n) is 8.01. The Kier molecular flexibility index (Phi) is 11.5. The van der Waals surface area contributed by atoms with E-state index in [2.05, 4.69) is 0 Å². The minimum absolute atomic E-state index is 0.0894. The van der Waals surface area contributed by atoms with E-state index in [-0.39, 0.29) is 48.8 Å². The van der Waals surface area contributed by atoms with Gasteiger partial charge in [-0.1, -0.05) is 50.6 Å². The topological polar surface area (TPSA) is 106 Å². The first-order valence-electron chi connectivity index (χ1n) is 15.5. The Bertz CT molecular complexity index is 1380. The van der Waals surface area contributed by atoms with Crippen molar-refractivity contribution >= 4 is 41.0 Å². The summed E-state index contributed by atoms with van der Waals surface area (Å²) in [5, 5.41) is 0.477. The summed E-state index contributed by atoms with van der Waals surface area (Å²) in [6, 6.07) is 12.8. The van der Waals surface area contributed by atoms with Crippen molar-refractivity contribution in [3.63, 3.8) is 0 Å². The van der Waals surface area contributed by atoms with Gasteiger partial charge in [0.2, 0.25) is 17.7 Å². The SMILES string of the molecule is CCOC(=O)C1CCN(C(=O)CN2CCOC(c3ccccc3OC)c3cc(Cl)ccc3N(CC(C)(C)C)C(=O)CC2=O)CC1. The van der Waals surface area contributed by atoms with Crippen molar-refractivity contribution in [3.05, 3.63) is 58.6 Å². The van der Waals surface area contributed by atoms with Crippen molar-refractivity contribution in [1.82, 2.24) is 9.80 Å². The lowest BCUT2D eigenvalue weighted by Crippen LogP contribution is -2.48. The van der Waals surface area contributed by atoms with E-state index in [0.29, 0.717) is 61.1 Å². The second kappa shape index (κ2) is 15.1. The van der Waals surface area contributed by atoms with Gasteiger partial charge in [0.25, 0.3) is 0 Å². The van der Waals surface area contributed by atoms with Crippen LogP contribution < -0.4 is 9.64 Å². The van der Waals surface area contributed by atoms with Crippen molar-refractivity contribution in [2.45, 2.75) is 53.1 Å². The van der Waals surface area contributed by atoms with Gasteiger partial charge >= 0.3 is 5.97 Å². The number of anilines is 1. The molecule has 1 fully saturated rings. The van der Waals surface area contributed by atoms with Gasteiger partial charge < -0.3 is 28.9 Å². The molecule has 0 aliphatic carbocycles. The number of hydrogen-bond acceptors (Lipinski definition) is 7. The van der Waals surface area contributed by atoms with Crippen molar-refractivity contribution in [1.29, 1.82) is 0 Å². The lowest BCUT2D eigenvalue weighted by molar-refractivity contribution is -0.151. The number of nitrogens with zero attached hydrogens (tertiary/aromatic N) is 3. The van der Waals surface area contributed by atoms with Crippen LogP contribution in [-0.4, -0.2) is 86.5 Å². The zero-order valence-corrected chi connectivity index (χ0v) is 27.6. The van der Waals surface area contributed by atoms with Gasteiger partial charge in [-0.25, -0.2) is 0 Å². The summed E-state index contributed by atoms with van der Waals surface area (Å²) in [5.41, 5.74) is 1.70. The van der Waals surface area contributed by atoms with E-state index in [1.807, 2.05) is 45.0 Å². The fourth-order valence-corrected chi connectivity index (χ4v) is 5.97. The number of halogens is 1. The van der Waals surface area contributed by atoms with Gasteiger partial charge in [0, 0.05) is 48.0 Å². The molecule has 0 bridgehead atoms. The molecule has 0 radical (unpaired) electrons. The number of esters is 1. The summed E-state index contributed by atoms with van der Waals surface area (Å²) in [6.45, 7) is 9.26. The average molecular weight is 642 g/mol. The van der Waals surface area contributed by atoms with Crippen molar-refractivity contribution in [2.24, 2.45) is 11.3 Å². The molecule has 0 saturated carbocycles. The highest BCUT2D eigenvalue weighted by Gasteiger charge is 2.34. The third kappa shape index (κ3) is 8.76. The third-order valence-corrected chi connectivity index (χ3v) is 8.25. The van der Waals surface area contributed by atoms with Crippen molar-refractivity contribution < 1.29 is 33.4 Å². The van der Waals surface area contributed by atoms with Gasteiger partial charge in [-0.05, 0) is 49.4 Å². The molecule has 2 aliphatic heterocycles. The van der Waals surface area contributed by atoms with Crippen LogP contribution in [0, 0.1) is 11.3 Å². The Balaban J connectivity index is 1.65. The predicted molar refractivity (Wildman–Crippen MR) is 171 cm³/mol. The van der Waals surface area contributed by atoms with E-state index in [0.717, 1.165) is 5.56 Å². The Morgan fingerprint density at radius 1 is 1.00 bits per heavy atom. The maximum Gasteiger partial charge on any atom is 0.309 e. The largest absolute Gasteiger partial charge is 0.496 e. The first kappa shape index (κ1) is 34.2. The number of carbonyl (C=O) groups is 4. The van der Waals surface area contributed by atoms with Crippen LogP contribution in [0.4, 0.5) is 5.69 Å². The van der Waals surface area contributed by atoms with E-state index in [4.69, 9.17) is 25.8 Å². The molecule has 2 aromatic rings. The van der Waals surface area contributed by atoms with Crippen LogP contribution in [0.1, 0.15) is 64.2 Å². The fraction of sp³-hybridized carbons (Fsp3) is 0.529. The van der Waals surface area contributed by atoms with Crippen LogP contribution in [0.3, 0.4) is 0 Å². The maximum absolute atomic E-state index is 14.0. The van der Waals surface area contributed by atoms with Crippen LogP contribution in [0.25, 0.3) is 0 Å². The monoisotopic (exact) mass is 641 g/mol. The number of carbonyl (C=O) groups excluding carboxylic acids is 4. The summed E-state index contributed by atoms with van der Waals surface area (Å²) in [5.74, 6) is -0.956. The first-order valence-corrected chi connectivity index (χ1v) is 15.9. The Morgan fingerprint density at radius 2 is 1.71 bits per heavy atom. The molecule has 10 nitrogen and oxygen atoms in total. The molecule has 2 heterocycles. The average Bonchev–Trinajstić information content (AvgIpc) is 3.02. The molecule has 1 atom stereocenters. The van der Waals surface area contributed by atoms with Crippen LogP contribution in [0.5, 0.6) is 5.75 Å². The lowest BCUT2D eigenvalue weighted by Gasteiger charge is -2.33. The molecule has 2 aliphatic rings. The molecule has 4 rings (SSSR count). The van der Waals surface area contributed by atoms with Crippen LogP contribution in [0.2, 0.25) is 5.02 Å². The van der Waals surface area contributed by atoms with Crippen LogP contribution in [0.15, 0.2) is 42.5 Å². The number of para-hydroxylation sites is 1. The maximum atomic E-state index is 14.0. The Hall–Kier alpha value is -3.63. The summed E-state index contributed by atoms with van der Waals surface area (Å²) < 4.78 is 17.3. The second-order valence-corrected chi connectivity index (χ2v) is 13.1. The summed E-state index contributed by atoms with van der Waals surface area (Å²) in [4.78, 5) is 57.9. The first-order chi connectivity index (χ1) is 21.4. The fourth-order valence-electron chi connectivity index (χ4n) is 5.79. The summed E-state index contributed by atoms with van der Waals surface area (Å²) in [7, 11) is 1.58. The van der Waals surface area contributed by atoms with Gasteiger partial charge in [-0.3, -0.25) is 19.2 Å². The molecule has 0 spiro atoms. The second-order valence-electron chi connectivity index (χ2n) is 12.6. The number of ether oxygens (including phenoxy) is 3. The van der Waals surface area contributed by atoms with E-state index < -0.39 is 18.4 Å². The number of likely N-dealkylation sites (tertiary alicyclic amines) is 1. The lowest BCUT2D eigenvalue weighted by atomic mass is 9.93. The van der Waals surface area contributed by atoms with Crippen LogP contribution >= 0.6 is 11.6 Å². The summed E-state index contributed by atoms with van der Waals surface area (Å²) >= 11 is 6.52. The van der Waals surface area contributed by atoms with Crippen LogP contribution in [-0.2, 0) is 28.7 Å². The van der Waals surface area contributed by atoms with Gasteiger partial charge in [0.05, 0.1) is 32.8 Å². The number of fused-ring (bicyclic) bond motifs is 1. The van der Waals surface area contributed by atoms with E-state index in [1.54, 1.807) is 42.0 Å². The molecule has 0 aromatic heterocycles. The number of rotatable bonds is 7. The minimum Gasteiger partial charge on any atom is -0.496 e. The van der Waals surface area contributed by atoms with E-state index in [1.165, 1.54) is 4.90 Å². The van der Waals surface area contributed by atoms with E-state index >= 15 is 0 Å². The number of methoxy groups -OCH3 is 1. The zero-order valence-electron chi connectivity index (χ0n) is 26.8. The molecule has 1 saturated heterocycles. The number of benzene rings is 2. The highest BCUT2D eigenvalue weighted by atomic mass is 35.5. The van der Waals surface area contributed by atoms with Crippen molar-refractivity contribution in [3.8, 4) is 5.75 Å². The Labute approximate surface area is 270 Å². The Morgan fingerprint density at radius 3 is 2.38 bits per heavy atom. The van der Waals surface area contributed by atoms with Gasteiger partial charge in [0.15, 0.2) is 0 Å². The van der Waals surface area contributed by atoms with Gasteiger partial charge in [-0.2, -0.15) is 0 Å². The molecule has 2 aromatic carbocycles. The van der Waals surface area contributed by atoms with Crippen molar-refractivity contribution in [2.75, 3.05) is 57.9 Å². The molecule has 45 heavy (non-hydrogen) atoms. The smallest absolute Gasteiger partial charge is 0.309 e. The standard InChI is InChI=1S/C34H44ClN3O7/c1-6-44-33(42)23-13-15-36(16-14-23)31(41)21-37-17-18-45-32(25-9-7-8-10-28(25)43-5)26-19-24(35)11-12-27(26)38(22-34(2,3)4)30(40)20-29(37)39/h7-12,19,23,32H,6,13-18,20-22H2,1-5H3. The highest BCUT2D eigenvalue weighted by molar-refractivity contribution is 6.30. The molecule has 3 amide bonds. The summed E-state index contributed by atoms with van der Waals surface area (Å²) in [6.07, 6.45) is -0.0832. The van der Waals surface area contributed by atoms with Gasteiger partial charge in [-0.15, -0.1) is 0 Å². The number of hydrogen-bond donors (Lipinski definition) is 0. The quantitative estimate of drug-likeness (QED) is 0.314. The molecule has 0 N–H and O–H groups in total. The normalized spacial score (nSPS) is 18.7. The molecule has 11 heteroatoms.